The standard InChI is InChI=1S/C31H30FN7O3S/c1-19-10-11-23-22(25-8-4-13-34-29(25)39-43(2,40)41)6-3-7-24(23)28(19)42-30-26(9-5-14-35-30)27-12-15-36-31(38-27)37-21-16-20(32)17-33-18-21/h3-15,20-21,33H,16-18H2,1-2H3,(H,34,39)(H,36,37,38)/t20-,21+/m1/s1. The van der Waals surface area contributed by atoms with E-state index in [-0.39, 0.29) is 11.9 Å². The number of hydrogen-bond donors (Lipinski definition) is 3. The van der Waals surface area contributed by atoms with Crippen molar-refractivity contribution in [2.75, 3.05) is 29.4 Å². The van der Waals surface area contributed by atoms with E-state index in [1.54, 1.807) is 30.7 Å². The molecule has 1 aliphatic heterocycles. The minimum Gasteiger partial charge on any atom is -0.437 e. The van der Waals surface area contributed by atoms with E-state index in [1.807, 2.05) is 55.5 Å². The molecule has 0 unspecified atom stereocenters. The Kier molecular flexibility index (Phi) is 7.87. The summed E-state index contributed by atoms with van der Waals surface area (Å²) in [6.45, 7) is 2.93. The van der Waals surface area contributed by atoms with Crippen molar-refractivity contribution < 1.29 is 17.5 Å². The predicted octanol–water partition coefficient (Wildman–Crippen LogP) is 5.34. The average molecular weight is 600 g/mol. The number of aromatic nitrogens is 4. The molecule has 1 saturated heterocycles. The van der Waals surface area contributed by atoms with Gasteiger partial charge in [0.25, 0.3) is 0 Å². The smallest absolute Gasteiger partial charge is 0.230 e. The van der Waals surface area contributed by atoms with E-state index in [0.717, 1.165) is 28.2 Å². The van der Waals surface area contributed by atoms with Crippen LogP contribution in [-0.4, -0.2) is 59.9 Å². The molecule has 1 fully saturated rings. The van der Waals surface area contributed by atoms with Crippen LogP contribution in [0.25, 0.3) is 33.2 Å². The molecular weight excluding hydrogens is 569 g/mol. The molecule has 0 amide bonds. The Bertz CT molecular complexity index is 1900. The van der Waals surface area contributed by atoms with Crippen LogP contribution in [0.3, 0.4) is 0 Å². The first-order valence-electron chi connectivity index (χ1n) is 13.8. The number of alkyl halides is 1. The molecule has 220 valence electrons. The van der Waals surface area contributed by atoms with Crippen molar-refractivity contribution >= 4 is 32.6 Å². The van der Waals surface area contributed by atoms with E-state index < -0.39 is 16.2 Å². The minimum atomic E-state index is -3.54. The lowest BCUT2D eigenvalue weighted by Crippen LogP contribution is -2.44. The van der Waals surface area contributed by atoms with Crippen LogP contribution in [0.15, 0.2) is 79.3 Å². The second-order valence-electron chi connectivity index (χ2n) is 10.4. The van der Waals surface area contributed by atoms with Gasteiger partial charge in [-0.15, -0.1) is 0 Å². The summed E-state index contributed by atoms with van der Waals surface area (Å²) in [5.74, 6) is 1.61. The zero-order chi connectivity index (χ0) is 30.0. The van der Waals surface area contributed by atoms with Gasteiger partial charge in [0, 0.05) is 55.1 Å². The molecule has 5 aromatic rings. The van der Waals surface area contributed by atoms with Gasteiger partial charge < -0.3 is 15.4 Å². The van der Waals surface area contributed by atoms with E-state index in [1.165, 1.54) is 0 Å². The van der Waals surface area contributed by atoms with Crippen molar-refractivity contribution in [3.63, 3.8) is 0 Å². The van der Waals surface area contributed by atoms with Crippen molar-refractivity contribution in [3.8, 4) is 34.0 Å². The third kappa shape index (κ3) is 6.40. The SMILES string of the molecule is Cc1ccc2c(-c3cccnc3NS(C)(=O)=O)cccc2c1Oc1ncccc1-c1ccnc(N[C@@H]2CNC[C@H](F)C2)n1. The van der Waals surface area contributed by atoms with Gasteiger partial charge in [-0.3, -0.25) is 4.72 Å². The number of rotatable bonds is 8. The molecule has 2 atom stereocenters. The summed E-state index contributed by atoms with van der Waals surface area (Å²) in [6, 6.07) is 18.6. The van der Waals surface area contributed by atoms with E-state index in [0.29, 0.717) is 53.9 Å². The molecular formula is C31H30FN7O3S. The summed E-state index contributed by atoms with van der Waals surface area (Å²) in [6.07, 6.45) is 5.40. The first kappa shape index (κ1) is 28.4. The number of halogens is 1. The minimum absolute atomic E-state index is 0.121. The van der Waals surface area contributed by atoms with Crippen LogP contribution < -0.4 is 20.1 Å². The zero-order valence-corrected chi connectivity index (χ0v) is 24.4. The summed E-state index contributed by atoms with van der Waals surface area (Å²) in [5.41, 5.74) is 3.59. The normalized spacial score (nSPS) is 17.0. The molecule has 3 aromatic heterocycles. The van der Waals surface area contributed by atoms with Crippen molar-refractivity contribution in [3.05, 3.63) is 84.8 Å². The highest BCUT2D eigenvalue weighted by atomic mass is 32.2. The van der Waals surface area contributed by atoms with Gasteiger partial charge in [-0.25, -0.2) is 32.7 Å². The lowest BCUT2D eigenvalue weighted by Gasteiger charge is -2.26. The lowest BCUT2D eigenvalue weighted by molar-refractivity contribution is 0.254. The molecule has 1 aliphatic rings. The van der Waals surface area contributed by atoms with Crippen LogP contribution in [0.4, 0.5) is 16.2 Å². The largest absolute Gasteiger partial charge is 0.437 e. The van der Waals surface area contributed by atoms with Crippen molar-refractivity contribution in [1.82, 2.24) is 25.3 Å². The molecule has 12 heteroatoms. The Morgan fingerprint density at radius 1 is 0.884 bits per heavy atom. The Morgan fingerprint density at radius 2 is 1.67 bits per heavy atom. The van der Waals surface area contributed by atoms with Crippen LogP contribution in [-0.2, 0) is 10.0 Å². The van der Waals surface area contributed by atoms with Gasteiger partial charge in [0.2, 0.25) is 21.9 Å². The Labute approximate surface area is 248 Å². The topological polar surface area (TPSA) is 131 Å². The van der Waals surface area contributed by atoms with Crippen LogP contribution in [0.2, 0.25) is 0 Å². The first-order chi connectivity index (χ1) is 20.7. The Morgan fingerprint density at radius 3 is 2.49 bits per heavy atom. The molecule has 0 saturated carbocycles. The number of ether oxygens (including phenoxy) is 1. The van der Waals surface area contributed by atoms with Gasteiger partial charge in [-0.2, -0.15) is 0 Å². The first-order valence-corrected chi connectivity index (χ1v) is 15.7. The van der Waals surface area contributed by atoms with Crippen LogP contribution >= 0.6 is 0 Å². The van der Waals surface area contributed by atoms with Crippen LogP contribution in [0, 0.1) is 6.92 Å². The van der Waals surface area contributed by atoms with Gasteiger partial charge in [-0.1, -0.05) is 30.3 Å². The van der Waals surface area contributed by atoms with Gasteiger partial charge >= 0.3 is 0 Å². The van der Waals surface area contributed by atoms with E-state index in [4.69, 9.17) is 4.74 Å². The third-order valence-corrected chi connectivity index (χ3v) is 7.68. The lowest BCUT2D eigenvalue weighted by atomic mass is 9.96. The van der Waals surface area contributed by atoms with Gasteiger partial charge in [0.05, 0.1) is 17.5 Å². The highest BCUT2D eigenvalue weighted by Gasteiger charge is 2.22. The number of benzene rings is 2. The summed E-state index contributed by atoms with van der Waals surface area (Å²) in [7, 11) is -3.54. The van der Waals surface area contributed by atoms with E-state index in [2.05, 4.69) is 35.3 Å². The number of piperidine rings is 1. The second kappa shape index (κ2) is 11.9. The molecule has 10 nitrogen and oxygen atoms in total. The van der Waals surface area contributed by atoms with Crippen LogP contribution in [0.5, 0.6) is 11.6 Å². The van der Waals surface area contributed by atoms with Crippen LogP contribution in [0.1, 0.15) is 12.0 Å². The number of nitrogens with zero attached hydrogens (tertiary/aromatic N) is 4. The quantitative estimate of drug-likeness (QED) is 0.216. The molecule has 6 rings (SSSR count). The summed E-state index contributed by atoms with van der Waals surface area (Å²) >= 11 is 0. The predicted molar refractivity (Wildman–Crippen MR) is 166 cm³/mol. The maximum atomic E-state index is 13.9. The number of aryl methyl sites for hydroxylation is 1. The molecule has 2 aromatic carbocycles. The molecule has 0 spiro atoms. The summed E-state index contributed by atoms with van der Waals surface area (Å²) in [5, 5.41) is 7.98. The van der Waals surface area contributed by atoms with Crippen molar-refractivity contribution in [2.45, 2.75) is 25.6 Å². The Balaban J connectivity index is 1.37. The fraction of sp³-hybridized carbons (Fsp3) is 0.226. The third-order valence-electron chi connectivity index (χ3n) is 7.12. The summed E-state index contributed by atoms with van der Waals surface area (Å²) < 4.78 is 47.0. The molecule has 3 N–H and O–H groups in total. The fourth-order valence-electron chi connectivity index (χ4n) is 5.21. The molecule has 43 heavy (non-hydrogen) atoms. The molecule has 4 heterocycles. The number of anilines is 2. The zero-order valence-electron chi connectivity index (χ0n) is 23.6. The Hall–Kier alpha value is -4.68. The number of fused-ring (bicyclic) bond motifs is 1. The average Bonchev–Trinajstić information content (AvgIpc) is 2.98. The number of nitrogens with one attached hydrogen (secondary N) is 3. The number of sulfonamides is 1. The monoisotopic (exact) mass is 599 g/mol. The van der Waals surface area contributed by atoms with Gasteiger partial charge in [-0.05, 0) is 53.8 Å². The highest BCUT2D eigenvalue weighted by molar-refractivity contribution is 7.92. The second-order valence-corrected chi connectivity index (χ2v) is 12.2. The van der Waals surface area contributed by atoms with Crippen molar-refractivity contribution in [1.29, 1.82) is 0 Å². The maximum absolute atomic E-state index is 13.9. The van der Waals surface area contributed by atoms with Gasteiger partial charge in [0.1, 0.15) is 17.7 Å². The van der Waals surface area contributed by atoms with E-state index >= 15 is 0 Å². The summed E-state index contributed by atoms with van der Waals surface area (Å²) in [4.78, 5) is 17.8. The molecule has 0 aliphatic carbocycles. The van der Waals surface area contributed by atoms with Gasteiger partial charge in [0.15, 0.2) is 0 Å². The number of hydrogen-bond acceptors (Lipinski definition) is 9. The number of pyridine rings is 2. The van der Waals surface area contributed by atoms with E-state index in [9.17, 15) is 12.8 Å². The fourth-order valence-corrected chi connectivity index (χ4v) is 5.73. The highest BCUT2D eigenvalue weighted by Crippen LogP contribution is 2.40. The molecule has 0 radical (unpaired) electrons. The maximum Gasteiger partial charge on any atom is 0.230 e. The van der Waals surface area contributed by atoms with Crippen molar-refractivity contribution in [2.24, 2.45) is 0 Å². The molecule has 0 bridgehead atoms.